The maximum absolute atomic E-state index is 12.7. The number of amides is 3. The van der Waals surface area contributed by atoms with E-state index < -0.39 is 0 Å². The van der Waals surface area contributed by atoms with E-state index in [-0.39, 0.29) is 29.4 Å². The lowest BCUT2D eigenvalue weighted by Crippen LogP contribution is -2.43. The number of anilines is 1. The number of hydrogen-bond donors (Lipinski definition) is 2. The summed E-state index contributed by atoms with van der Waals surface area (Å²) in [5.41, 5.74) is 2.68. The van der Waals surface area contributed by atoms with Gasteiger partial charge in [-0.15, -0.1) is 0 Å². The SMILES string of the molecule is O=C(Nc1cccc(CNC(=O)C2CCN(C(=O)CCc3ccccc3)CC2)c1)c1ccco1. The second-order valence-corrected chi connectivity index (χ2v) is 8.49. The third-order valence-corrected chi connectivity index (χ3v) is 6.09. The fourth-order valence-corrected chi connectivity index (χ4v) is 4.14. The van der Waals surface area contributed by atoms with Crippen molar-refractivity contribution < 1.29 is 18.8 Å². The molecule has 7 heteroatoms. The topological polar surface area (TPSA) is 91.7 Å². The summed E-state index contributed by atoms with van der Waals surface area (Å²) >= 11 is 0. The van der Waals surface area contributed by atoms with Gasteiger partial charge in [-0.3, -0.25) is 14.4 Å². The highest BCUT2D eigenvalue weighted by atomic mass is 16.3. The third kappa shape index (κ3) is 6.34. The van der Waals surface area contributed by atoms with Gasteiger partial charge in [0.25, 0.3) is 5.91 Å². The molecule has 3 amide bonds. The van der Waals surface area contributed by atoms with Crippen LogP contribution in [-0.2, 0) is 22.6 Å². The molecule has 2 aromatic carbocycles. The number of carbonyl (C=O) groups excluding carboxylic acids is 3. The molecule has 2 N–H and O–H groups in total. The minimum atomic E-state index is -0.323. The number of benzene rings is 2. The number of nitrogens with one attached hydrogen (secondary N) is 2. The van der Waals surface area contributed by atoms with Crippen LogP contribution in [0.5, 0.6) is 0 Å². The molecule has 0 aliphatic carbocycles. The first-order valence-electron chi connectivity index (χ1n) is 11.6. The fourth-order valence-electron chi connectivity index (χ4n) is 4.14. The number of furan rings is 1. The van der Waals surface area contributed by atoms with Crippen LogP contribution < -0.4 is 10.6 Å². The lowest BCUT2D eigenvalue weighted by molar-refractivity contribution is -0.135. The smallest absolute Gasteiger partial charge is 0.291 e. The average Bonchev–Trinajstić information content (AvgIpc) is 3.42. The molecule has 3 aromatic rings. The van der Waals surface area contributed by atoms with Gasteiger partial charge in [-0.05, 0) is 54.7 Å². The second-order valence-electron chi connectivity index (χ2n) is 8.49. The highest BCUT2D eigenvalue weighted by Crippen LogP contribution is 2.19. The quantitative estimate of drug-likeness (QED) is 0.532. The van der Waals surface area contributed by atoms with Crippen LogP contribution in [0.3, 0.4) is 0 Å². The molecule has 176 valence electrons. The molecule has 0 unspecified atom stereocenters. The standard InChI is InChI=1S/C27H29N3O4/c31-25(12-11-20-6-2-1-3-7-20)30-15-13-22(14-16-30)26(32)28-19-21-8-4-9-23(18-21)29-27(33)24-10-5-17-34-24/h1-10,17-18,22H,11-16,19H2,(H,28,32)(H,29,33). The Kier molecular flexibility index (Phi) is 7.75. The van der Waals surface area contributed by atoms with Crippen molar-refractivity contribution in [1.82, 2.24) is 10.2 Å². The zero-order valence-electron chi connectivity index (χ0n) is 19.0. The highest BCUT2D eigenvalue weighted by Gasteiger charge is 2.27. The molecule has 1 aliphatic rings. The molecule has 1 aliphatic heterocycles. The van der Waals surface area contributed by atoms with Crippen molar-refractivity contribution in [2.75, 3.05) is 18.4 Å². The first-order chi connectivity index (χ1) is 16.6. The van der Waals surface area contributed by atoms with Gasteiger partial charge in [0.2, 0.25) is 11.8 Å². The maximum atomic E-state index is 12.7. The van der Waals surface area contributed by atoms with Gasteiger partial charge in [0.15, 0.2) is 5.76 Å². The maximum Gasteiger partial charge on any atom is 0.291 e. The van der Waals surface area contributed by atoms with Gasteiger partial charge in [-0.25, -0.2) is 0 Å². The summed E-state index contributed by atoms with van der Waals surface area (Å²) in [4.78, 5) is 39.2. The summed E-state index contributed by atoms with van der Waals surface area (Å²) in [5.74, 6) is -0.0302. The van der Waals surface area contributed by atoms with E-state index in [1.807, 2.05) is 53.4 Å². The van der Waals surface area contributed by atoms with Gasteiger partial charge in [0, 0.05) is 37.7 Å². The highest BCUT2D eigenvalue weighted by molar-refractivity contribution is 6.02. The van der Waals surface area contributed by atoms with Crippen LogP contribution in [0.4, 0.5) is 5.69 Å². The van der Waals surface area contributed by atoms with Gasteiger partial charge in [0.1, 0.15) is 0 Å². The van der Waals surface area contributed by atoms with Crippen LogP contribution >= 0.6 is 0 Å². The summed E-state index contributed by atoms with van der Waals surface area (Å²) in [5, 5.41) is 5.78. The van der Waals surface area contributed by atoms with E-state index in [2.05, 4.69) is 10.6 Å². The molecule has 0 radical (unpaired) electrons. The Morgan fingerprint density at radius 3 is 2.41 bits per heavy atom. The Morgan fingerprint density at radius 1 is 0.912 bits per heavy atom. The van der Waals surface area contributed by atoms with Crippen molar-refractivity contribution in [1.29, 1.82) is 0 Å². The minimum Gasteiger partial charge on any atom is -0.459 e. The molecule has 7 nitrogen and oxygen atoms in total. The molecule has 0 bridgehead atoms. The van der Waals surface area contributed by atoms with Gasteiger partial charge in [0.05, 0.1) is 6.26 Å². The van der Waals surface area contributed by atoms with Gasteiger partial charge in [-0.2, -0.15) is 0 Å². The minimum absolute atomic E-state index is 0.00130. The van der Waals surface area contributed by atoms with Crippen LogP contribution in [0.25, 0.3) is 0 Å². The monoisotopic (exact) mass is 459 g/mol. The van der Waals surface area contributed by atoms with E-state index in [4.69, 9.17) is 4.42 Å². The van der Waals surface area contributed by atoms with Gasteiger partial charge < -0.3 is 20.0 Å². The Labute approximate surface area is 199 Å². The second kappa shape index (κ2) is 11.3. The molecule has 1 saturated heterocycles. The molecule has 34 heavy (non-hydrogen) atoms. The molecule has 4 rings (SSSR count). The number of nitrogens with zero attached hydrogens (tertiary/aromatic N) is 1. The number of piperidine rings is 1. The molecule has 2 heterocycles. The van der Waals surface area contributed by atoms with Crippen molar-refractivity contribution >= 4 is 23.4 Å². The number of likely N-dealkylation sites (tertiary alicyclic amines) is 1. The Morgan fingerprint density at radius 2 is 1.68 bits per heavy atom. The lowest BCUT2D eigenvalue weighted by atomic mass is 9.95. The van der Waals surface area contributed by atoms with Crippen molar-refractivity contribution in [2.45, 2.75) is 32.2 Å². The molecule has 1 aromatic heterocycles. The van der Waals surface area contributed by atoms with E-state index >= 15 is 0 Å². The predicted molar refractivity (Wildman–Crippen MR) is 129 cm³/mol. The normalized spacial score (nSPS) is 13.9. The fraction of sp³-hybridized carbons (Fsp3) is 0.296. The van der Waals surface area contributed by atoms with Crippen LogP contribution in [0.2, 0.25) is 0 Å². The largest absolute Gasteiger partial charge is 0.459 e. The molecular weight excluding hydrogens is 430 g/mol. The lowest BCUT2D eigenvalue weighted by Gasteiger charge is -2.31. The van der Waals surface area contributed by atoms with E-state index in [9.17, 15) is 14.4 Å². The third-order valence-electron chi connectivity index (χ3n) is 6.09. The van der Waals surface area contributed by atoms with E-state index in [1.165, 1.54) is 6.26 Å². The number of carbonyl (C=O) groups is 3. The molecular formula is C27H29N3O4. The number of aryl methyl sites for hydroxylation is 1. The molecule has 0 atom stereocenters. The van der Waals surface area contributed by atoms with Crippen LogP contribution in [0.1, 0.15) is 40.9 Å². The van der Waals surface area contributed by atoms with Gasteiger partial charge in [-0.1, -0.05) is 42.5 Å². The summed E-state index contributed by atoms with van der Waals surface area (Å²) in [6.07, 6.45) is 4.02. The van der Waals surface area contributed by atoms with Crippen LogP contribution in [-0.4, -0.2) is 35.7 Å². The van der Waals surface area contributed by atoms with Crippen LogP contribution in [0, 0.1) is 5.92 Å². The van der Waals surface area contributed by atoms with Crippen LogP contribution in [0.15, 0.2) is 77.4 Å². The first kappa shape index (κ1) is 23.3. The summed E-state index contributed by atoms with van der Waals surface area (Å²) in [6, 6.07) is 20.6. The van der Waals surface area contributed by atoms with E-state index in [1.54, 1.807) is 18.2 Å². The van der Waals surface area contributed by atoms with E-state index in [0.29, 0.717) is 44.6 Å². The average molecular weight is 460 g/mol. The Hall–Kier alpha value is -3.87. The Balaban J connectivity index is 1.20. The predicted octanol–water partition coefficient (Wildman–Crippen LogP) is 4.02. The first-order valence-corrected chi connectivity index (χ1v) is 11.6. The van der Waals surface area contributed by atoms with Crippen molar-refractivity contribution in [3.8, 4) is 0 Å². The molecule has 1 fully saturated rings. The van der Waals surface area contributed by atoms with Crippen molar-refractivity contribution in [3.63, 3.8) is 0 Å². The molecule has 0 saturated carbocycles. The van der Waals surface area contributed by atoms with Crippen molar-refractivity contribution in [2.24, 2.45) is 5.92 Å². The summed E-state index contributed by atoms with van der Waals surface area (Å²) < 4.78 is 5.11. The van der Waals surface area contributed by atoms with E-state index in [0.717, 1.165) is 17.5 Å². The van der Waals surface area contributed by atoms with Crippen molar-refractivity contribution in [3.05, 3.63) is 89.9 Å². The number of rotatable bonds is 8. The summed E-state index contributed by atoms with van der Waals surface area (Å²) in [7, 11) is 0. The number of hydrogen-bond acceptors (Lipinski definition) is 4. The van der Waals surface area contributed by atoms with Gasteiger partial charge >= 0.3 is 0 Å². The molecule has 0 spiro atoms. The zero-order chi connectivity index (χ0) is 23.8. The summed E-state index contributed by atoms with van der Waals surface area (Å²) in [6.45, 7) is 1.60. The Bertz CT molecular complexity index is 1100. The zero-order valence-corrected chi connectivity index (χ0v) is 19.0.